The third kappa shape index (κ3) is 3.72. The largest absolute Gasteiger partial charge is 0.450 e. The van der Waals surface area contributed by atoms with Gasteiger partial charge in [0.15, 0.2) is 5.76 Å². The van der Waals surface area contributed by atoms with Gasteiger partial charge >= 0.3 is 6.03 Å². The predicted octanol–water partition coefficient (Wildman–Crippen LogP) is 5.55. The van der Waals surface area contributed by atoms with Crippen LogP contribution in [0.2, 0.25) is 5.02 Å². The van der Waals surface area contributed by atoms with Crippen molar-refractivity contribution in [3.8, 4) is 0 Å². The Morgan fingerprint density at radius 1 is 1.09 bits per heavy atom. The van der Waals surface area contributed by atoms with Gasteiger partial charge in [-0.3, -0.25) is 9.78 Å². The van der Waals surface area contributed by atoms with Gasteiger partial charge in [-0.1, -0.05) is 36.9 Å². The van der Waals surface area contributed by atoms with Crippen LogP contribution in [-0.4, -0.2) is 34.9 Å². The van der Waals surface area contributed by atoms with E-state index in [9.17, 15) is 9.59 Å². The summed E-state index contributed by atoms with van der Waals surface area (Å²) in [6.07, 6.45) is 9.68. The number of halogens is 1. The van der Waals surface area contributed by atoms with E-state index in [1.807, 2.05) is 23.1 Å². The molecule has 7 rings (SSSR count). The van der Waals surface area contributed by atoms with Gasteiger partial charge in [-0.05, 0) is 55.4 Å². The monoisotopic (exact) mass is 478 g/mol. The lowest BCUT2D eigenvalue weighted by Crippen LogP contribution is -2.52. The van der Waals surface area contributed by atoms with E-state index in [0.29, 0.717) is 33.9 Å². The van der Waals surface area contributed by atoms with Gasteiger partial charge in [0.1, 0.15) is 5.58 Å². The summed E-state index contributed by atoms with van der Waals surface area (Å²) in [5.41, 5.74) is 1.71. The second kappa shape index (κ2) is 8.31. The Morgan fingerprint density at radius 3 is 2.47 bits per heavy atom. The number of aromatic nitrogens is 1. The molecule has 2 N–H and O–H groups in total. The predicted molar refractivity (Wildman–Crippen MR) is 130 cm³/mol. The number of benzene rings is 1. The van der Waals surface area contributed by atoms with Crippen LogP contribution in [0.4, 0.5) is 10.5 Å². The van der Waals surface area contributed by atoms with Crippen LogP contribution in [0.1, 0.15) is 54.6 Å². The summed E-state index contributed by atoms with van der Waals surface area (Å²) < 4.78 is 6.17. The van der Waals surface area contributed by atoms with E-state index in [0.717, 1.165) is 56.1 Å². The number of hydrogen-bond donors (Lipinski definition) is 2. The summed E-state index contributed by atoms with van der Waals surface area (Å²) >= 11 is 6.55. The highest BCUT2D eigenvalue weighted by atomic mass is 35.5. The molecule has 3 aromatic rings. The zero-order valence-corrected chi connectivity index (χ0v) is 19.6. The highest BCUT2D eigenvalue weighted by Crippen LogP contribution is 2.49. The van der Waals surface area contributed by atoms with Gasteiger partial charge in [0.2, 0.25) is 0 Å². The van der Waals surface area contributed by atoms with Crippen molar-refractivity contribution in [3.05, 3.63) is 59.1 Å². The number of fused-ring (bicyclic) bond motifs is 5. The standard InChI is InChI=1S/C21H22ClN3O3.C5H5N/c22-14-7-11-8-15(19(26)25-9-12-6-13(12)10-25)28-18(11)16-17(14)23-20(27)24-21(16)4-2-1-3-5-21;1-2-4-6-5-3-1/h7-8,12-13H,1-6,9-10H2,(H2,23,24,27);1-5H. The highest BCUT2D eigenvalue weighted by Gasteiger charge is 2.48. The van der Waals surface area contributed by atoms with Crippen LogP contribution in [0.3, 0.4) is 0 Å². The van der Waals surface area contributed by atoms with E-state index in [1.165, 1.54) is 6.42 Å². The smallest absolute Gasteiger partial charge is 0.319 e. The lowest BCUT2D eigenvalue weighted by molar-refractivity contribution is 0.0746. The van der Waals surface area contributed by atoms with E-state index < -0.39 is 5.54 Å². The van der Waals surface area contributed by atoms with Crippen LogP contribution in [0.5, 0.6) is 0 Å². The average Bonchev–Trinajstić information content (AvgIpc) is 3.24. The van der Waals surface area contributed by atoms with Crippen LogP contribution in [0, 0.1) is 11.8 Å². The molecule has 2 aliphatic carbocycles. The number of nitrogens with one attached hydrogen (secondary N) is 2. The van der Waals surface area contributed by atoms with Crippen LogP contribution in [-0.2, 0) is 5.54 Å². The topological polar surface area (TPSA) is 87.5 Å². The molecule has 4 aliphatic rings. The molecule has 3 fully saturated rings. The molecule has 0 bridgehead atoms. The van der Waals surface area contributed by atoms with Gasteiger partial charge in [-0.15, -0.1) is 0 Å². The molecule has 1 aromatic carbocycles. The SMILES string of the molecule is O=C1Nc2c(Cl)cc3cc(C(=O)N4CC5CC5C4)oc3c2C2(CCCCC2)N1.c1ccncc1. The van der Waals surface area contributed by atoms with E-state index in [1.54, 1.807) is 24.5 Å². The molecule has 1 spiro atoms. The molecule has 2 atom stereocenters. The molecule has 0 radical (unpaired) electrons. The maximum absolute atomic E-state index is 13.0. The van der Waals surface area contributed by atoms with Crippen molar-refractivity contribution in [2.75, 3.05) is 18.4 Å². The van der Waals surface area contributed by atoms with E-state index >= 15 is 0 Å². The van der Waals surface area contributed by atoms with Gasteiger partial charge in [0.05, 0.1) is 16.2 Å². The first-order valence-corrected chi connectivity index (χ1v) is 12.4. The van der Waals surface area contributed by atoms with Crippen molar-refractivity contribution in [1.29, 1.82) is 0 Å². The molecule has 4 heterocycles. The normalized spacial score (nSPS) is 23.9. The van der Waals surface area contributed by atoms with Gasteiger partial charge < -0.3 is 20.0 Å². The first-order chi connectivity index (χ1) is 16.5. The zero-order valence-electron chi connectivity index (χ0n) is 18.9. The molecule has 8 heteroatoms. The molecule has 2 unspecified atom stereocenters. The van der Waals surface area contributed by atoms with E-state index in [-0.39, 0.29) is 11.9 Å². The van der Waals surface area contributed by atoms with Gasteiger partial charge in [-0.2, -0.15) is 0 Å². The van der Waals surface area contributed by atoms with Crippen molar-refractivity contribution in [3.63, 3.8) is 0 Å². The lowest BCUT2D eigenvalue weighted by Gasteiger charge is -2.42. The number of carbonyl (C=O) groups excluding carboxylic acids is 2. The molecule has 7 nitrogen and oxygen atoms in total. The number of hydrogen-bond acceptors (Lipinski definition) is 4. The van der Waals surface area contributed by atoms with E-state index in [4.69, 9.17) is 16.0 Å². The number of amides is 3. The average molecular weight is 479 g/mol. The quantitative estimate of drug-likeness (QED) is 0.479. The molecule has 34 heavy (non-hydrogen) atoms. The number of likely N-dealkylation sites (tertiary alicyclic amines) is 1. The fourth-order valence-electron chi connectivity index (χ4n) is 5.82. The number of rotatable bonds is 1. The molecule has 1 saturated heterocycles. The summed E-state index contributed by atoms with van der Waals surface area (Å²) in [4.78, 5) is 31.0. The Labute approximate surface area is 202 Å². The fraction of sp³-hybridized carbons (Fsp3) is 0.423. The first kappa shape index (κ1) is 21.5. The first-order valence-electron chi connectivity index (χ1n) is 12.0. The molecule has 3 amide bonds. The van der Waals surface area contributed by atoms with Crippen LogP contribution in [0.25, 0.3) is 11.0 Å². The minimum atomic E-state index is -0.480. The van der Waals surface area contributed by atoms with Crippen molar-refractivity contribution < 1.29 is 14.0 Å². The molecule has 176 valence electrons. The zero-order chi connectivity index (χ0) is 23.3. The van der Waals surface area contributed by atoms with Gasteiger partial charge in [0, 0.05) is 36.4 Å². The molecular weight excluding hydrogens is 452 g/mol. The third-order valence-electron chi connectivity index (χ3n) is 7.58. The van der Waals surface area contributed by atoms with Crippen LogP contribution in [0.15, 0.2) is 47.1 Å². The van der Waals surface area contributed by atoms with Crippen molar-refractivity contribution >= 4 is 40.2 Å². The fourth-order valence-corrected chi connectivity index (χ4v) is 6.08. The van der Waals surface area contributed by atoms with Crippen LogP contribution >= 0.6 is 11.6 Å². The number of carbonyl (C=O) groups is 2. The number of urea groups is 1. The third-order valence-corrected chi connectivity index (χ3v) is 7.88. The summed E-state index contributed by atoms with van der Waals surface area (Å²) in [6, 6.07) is 9.09. The second-order valence-electron chi connectivity index (χ2n) is 9.85. The summed E-state index contributed by atoms with van der Waals surface area (Å²) in [7, 11) is 0. The van der Waals surface area contributed by atoms with Gasteiger partial charge in [0.25, 0.3) is 5.91 Å². The van der Waals surface area contributed by atoms with Crippen molar-refractivity contribution in [2.24, 2.45) is 11.8 Å². The molecule has 2 saturated carbocycles. The Morgan fingerprint density at radius 2 is 1.82 bits per heavy atom. The maximum Gasteiger partial charge on any atom is 0.319 e. The minimum Gasteiger partial charge on any atom is -0.450 e. The summed E-state index contributed by atoms with van der Waals surface area (Å²) in [6.45, 7) is 1.67. The Balaban J connectivity index is 0.000000318. The van der Waals surface area contributed by atoms with Crippen molar-refractivity contribution in [1.82, 2.24) is 15.2 Å². The summed E-state index contributed by atoms with van der Waals surface area (Å²) in [5.74, 6) is 1.68. The Hall–Kier alpha value is -3.06. The van der Waals surface area contributed by atoms with Gasteiger partial charge in [-0.25, -0.2) is 4.79 Å². The molecule has 2 aliphatic heterocycles. The number of piperidine rings is 1. The molecule has 2 aromatic heterocycles. The number of pyridine rings is 1. The second-order valence-corrected chi connectivity index (χ2v) is 10.3. The number of furan rings is 1. The van der Waals surface area contributed by atoms with Crippen molar-refractivity contribution in [2.45, 2.75) is 44.1 Å². The molecular formula is C26H27ClN4O3. The summed E-state index contributed by atoms with van der Waals surface area (Å²) in [5, 5.41) is 7.32. The Kier molecular flexibility index (Phi) is 5.25. The van der Waals surface area contributed by atoms with Crippen LogP contribution < -0.4 is 10.6 Å². The highest BCUT2D eigenvalue weighted by molar-refractivity contribution is 6.35. The van der Waals surface area contributed by atoms with E-state index in [2.05, 4.69) is 15.6 Å². The number of anilines is 1. The maximum atomic E-state index is 13.0. The Bertz CT molecular complexity index is 1220. The lowest BCUT2D eigenvalue weighted by atomic mass is 9.74. The minimum absolute atomic E-state index is 0.0428. The number of nitrogens with zero attached hydrogens (tertiary/aromatic N) is 2.